The van der Waals surface area contributed by atoms with Gasteiger partial charge in [0.1, 0.15) is 0 Å². The molecule has 0 bridgehead atoms. The van der Waals surface area contributed by atoms with E-state index in [0.717, 1.165) is 32.5 Å². The molecule has 3 nitrogen and oxygen atoms in total. The van der Waals surface area contributed by atoms with Crippen LogP contribution >= 0.6 is 0 Å². The van der Waals surface area contributed by atoms with Crippen molar-refractivity contribution in [1.82, 2.24) is 4.90 Å². The second-order valence-electron chi connectivity index (χ2n) is 3.95. The van der Waals surface area contributed by atoms with Crippen LogP contribution in [-0.4, -0.2) is 37.1 Å². The molecule has 0 aromatic carbocycles. The molecule has 90 valence electrons. The van der Waals surface area contributed by atoms with E-state index in [1.54, 1.807) is 0 Å². The third-order valence-electron chi connectivity index (χ3n) is 2.30. The Labute approximate surface area is 93.8 Å². The van der Waals surface area contributed by atoms with Crippen LogP contribution in [0.3, 0.4) is 0 Å². The molecule has 0 aromatic rings. The largest absolute Gasteiger partial charge is 0.466 e. The summed E-state index contributed by atoms with van der Waals surface area (Å²) in [5, 5.41) is 0. The zero-order valence-electron chi connectivity index (χ0n) is 10.6. The molecule has 1 atom stereocenters. The van der Waals surface area contributed by atoms with Gasteiger partial charge in [-0.3, -0.25) is 4.79 Å². The van der Waals surface area contributed by atoms with Gasteiger partial charge in [0.15, 0.2) is 0 Å². The van der Waals surface area contributed by atoms with Crippen molar-refractivity contribution in [2.24, 2.45) is 5.92 Å². The van der Waals surface area contributed by atoms with E-state index in [1.165, 1.54) is 0 Å². The summed E-state index contributed by atoms with van der Waals surface area (Å²) in [4.78, 5) is 13.8. The lowest BCUT2D eigenvalue weighted by molar-refractivity contribution is -0.148. The number of carbonyl (C=O) groups excluding carboxylic acids is 1. The van der Waals surface area contributed by atoms with Crippen LogP contribution in [0.5, 0.6) is 0 Å². The highest BCUT2D eigenvalue weighted by molar-refractivity contribution is 5.72. The first-order valence-electron chi connectivity index (χ1n) is 6.04. The zero-order chi connectivity index (χ0) is 11.7. The molecular formula is C12H25NO2. The molecule has 0 aliphatic carbocycles. The molecule has 0 amide bonds. The standard InChI is InChI=1S/C12H25NO2/c1-5-8-13(9-6-2)10-11(4)12(14)15-7-3/h11H,5-10H2,1-4H3. The Morgan fingerprint density at radius 1 is 1.20 bits per heavy atom. The van der Waals surface area contributed by atoms with Crippen molar-refractivity contribution in [2.45, 2.75) is 40.5 Å². The lowest BCUT2D eigenvalue weighted by Gasteiger charge is -2.23. The Balaban J connectivity index is 3.96. The third-order valence-corrected chi connectivity index (χ3v) is 2.30. The van der Waals surface area contributed by atoms with Gasteiger partial charge in [-0.25, -0.2) is 0 Å². The fourth-order valence-corrected chi connectivity index (χ4v) is 1.67. The summed E-state index contributed by atoms with van der Waals surface area (Å²) < 4.78 is 5.00. The van der Waals surface area contributed by atoms with Gasteiger partial charge in [0.25, 0.3) is 0 Å². The Bertz CT molecular complexity index is 165. The molecule has 0 aromatic heterocycles. The first kappa shape index (κ1) is 14.4. The van der Waals surface area contributed by atoms with Crippen molar-refractivity contribution in [3.05, 3.63) is 0 Å². The van der Waals surface area contributed by atoms with E-state index in [1.807, 2.05) is 13.8 Å². The normalized spacial score (nSPS) is 12.9. The van der Waals surface area contributed by atoms with Gasteiger partial charge in [-0.1, -0.05) is 20.8 Å². The van der Waals surface area contributed by atoms with Crippen molar-refractivity contribution in [3.8, 4) is 0 Å². The number of hydrogen-bond donors (Lipinski definition) is 0. The Morgan fingerprint density at radius 3 is 2.13 bits per heavy atom. The molecule has 0 aliphatic rings. The molecule has 1 unspecified atom stereocenters. The molecule has 0 saturated heterocycles. The summed E-state index contributed by atoms with van der Waals surface area (Å²) in [6.45, 7) is 11.5. The second-order valence-corrected chi connectivity index (χ2v) is 3.95. The molecule has 0 aliphatic heterocycles. The van der Waals surface area contributed by atoms with Crippen LogP contribution in [0.2, 0.25) is 0 Å². The summed E-state index contributed by atoms with van der Waals surface area (Å²) >= 11 is 0. The topological polar surface area (TPSA) is 29.5 Å². The molecule has 0 fully saturated rings. The van der Waals surface area contributed by atoms with E-state index < -0.39 is 0 Å². The van der Waals surface area contributed by atoms with Crippen molar-refractivity contribution in [3.63, 3.8) is 0 Å². The first-order chi connectivity index (χ1) is 7.15. The van der Waals surface area contributed by atoms with E-state index >= 15 is 0 Å². The van der Waals surface area contributed by atoms with Crippen molar-refractivity contribution in [2.75, 3.05) is 26.2 Å². The Hall–Kier alpha value is -0.570. The monoisotopic (exact) mass is 215 g/mol. The van der Waals surface area contributed by atoms with Crippen LogP contribution in [0.4, 0.5) is 0 Å². The van der Waals surface area contributed by atoms with Crippen LogP contribution in [0.25, 0.3) is 0 Å². The molecule has 3 heteroatoms. The van der Waals surface area contributed by atoms with Gasteiger partial charge in [0, 0.05) is 6.54 Å². The summed E-state index contributed by atoms with van der Waals surface area (Å²) in [6.07, 6.45) is 2.27. The number of esters is 1. The minimum atomic E-state index is -0.0743. The highest BCUT2D eigenvalue weighted by atomic mass is 16.5. The quantitative estimate of drug-likeness (QED) is 0.582. The van der Waals surface area contributed by atoms with Gasteiger partial charge >= 0.3 is 5.97 Å². The fourth-order valence-electron chi connectivity index (χ4n) is 1.67. The molecule has 0 spiro atoms. The van der Waals surface area contributed by atoms with Crippen molar-refractivity contribution < 1.29 is 9.53 Å². The molecule has 0 saturated carbocycles. The third kappa shape index (κ3) is 6.50. The van der Waals surface area contributed by atoms with E-state index in [2.05, 4.69) is 18.7 Å². The van der Waals surface area contributed by atoms with Crippen LogP contribution < -0.4 is 0 Å². The number of ether oxygens (including phenoxy) is 1. The maximum atomic E-state index is 11.4. The van der Waals surface area contributed by atoms with Gasteiger partial charge in [0.2, 0.25) is 0 Å². The maximum absolute atomic E-state index is 11.4. The highest BCUT2D eigenvalue weighted by Gasteiger charge is 2.16. The van der Waals surface area contributed by atoms with Gasteiger partial charge < -0.3 is 9.64 Å². The number of carbonyl (C=O) groups is 1. The predicted molar refractivity (Wildman–Crippen MR) is 62.8 cm³/mol. The number of rotatable bonds is 8. The minimum absolute atomic E-state index is 0.0111. The maximum Gasteiger partial charge on any atom is 0.309 e. The van der Waals surface area contributed by atoms with E-state index in [0.29, 0.717) is 6.61 Å². The molecule has 0 rings (SSSR count). The lowest BCUT2D eigenvalue weighted by atomic mass is 10.1. The molecule has 0 heterocycles. The highest BCUT2D eigenvalue weighted by Crippen LogP contribution is 2.04. The molecule has 0 radical (unpaired) electrons. The molecular weight excluding hydrogens is 190 g/mol. The first-order valence-corrected chi connectivity index (χ1v) is 6.04. The van der Waals surface area contributed by atoms with E-state index in [-0.39, 0.29) is 11.9 Å². The Morgan fingerprint density at radius 2 is 1.73 bits per heavy atom. The number of hydrogen-bond acceptors (Lipinski definition) is 3. The van der Waals surface area contributed by atoms with E-state index in [9.17, 15) is 4.79 Å². The van der Waals surface area contributed by atoms with Crippen LogP contribution in [0.15, 0.2) is 0 Å². The van der Waals surface area contributed by atoms with Crippen LogP contribution in [0.1, 0.15) is 40.5 Å². The van der Waals surface area contributed by atoms with Crippen molar-refractivity contribution in [1.29, 1.82) is 0 Å². The van der Waals surface area contributed by atoms with Gasteiger partial charge in [0.05, 0.1) is 12.5 Å². The lowest BCUT2D eigenvalue weighted by Crippen LogP contribution is -2.33. The zero-order valence-corrected chi connectivity index (χ0v) is 10.6. The molecule has 0 N–H and O–H groups in total. The van der Waals surface area contributed by atoms with Crippen LogP contribution in [-0.2, 0) is 9.53 Å². The predicted octanol–water partition coefficient (Wildman–Crippen LogP) is 2.31. The van der Waals surface area contributed by atoms with Crippen molar-refractivity contribution >= 4 is 5.97 Å². The average Bonchev–Trinajstić information content (AvgIpc) is 2.18. The Kier molecular flexibility index (Phi) is 8.38. The summed E-state index contributed by atoms with van der Waals surface area (Å²) in [7, 11) is 0. The number of nitrogens with zero attached hydrogens (tertiary/aromatic N) is 1. The minimum Gasteiger partial charge on any atom is -0.466 e. The summed E-state index contributed by atoms with van der Waals surface area (Å²) in [6, 6.07) is 0. The SMILES string of the molecule is CCCN(CCC)CC(C)C(=O)OCC. The van der Waals surface area contributed by atoms with E-state index in [4.69, 9.17) is 4.74 Å². The average molecular weight is 215 g/mol. The second kappa shape index (κ2) is 8.72. The van der Waals surface area contributed by atoms with Crippen LogP contribution in [0, 0.1) is 5.92 Å². The van der Waals surface area contributed by atoms with Gasteiger partial charge in [-0.2, -0.15) is 0 Å². The van der Waals surface area contributed by atoms with Gasteiger partial charge in [-0.15, -0.1) is 0 Å². The van der Waals surface area contributed by atoms with Gasteiger partial charge in [-0.05, 0) is 32.9 Å². The summed E-state index contributed by atoms with van der Waals surface area (Å²) in [5.41, 5.74) is 0. The smallest absolute Gasteiger partial charge is 0.309 e. The fraction of sp³-hybridized carbons (Fsp3) is 0.917. The summed E-state index contributed by atoms with van der Waals surface area (Å²) in [5.74, 6) is -0.0854. The molecule has 15 heavy (non-hydrogen) atoms.